The third kappa shape index (κ3) is 7.05. The third-order valence-electron chi connectivity index (χ3n) is 11.5. The molecule has 3 aromatic heterocycles. The largest absolute Gasteiger partial charge is 0.494 e. The molecule has 1 unspecified atom stereocenters. The minimum absolute atomic E-state index is 0.157. The van der Waals surface area contributed by atoms with Gasteiger partial charge in [0.1, 0.15) is 17.3 Å². The molecule has 0 spiro atoms. The van der Waals surface area contributed by atoms with E-state index < -0.39 is 5.97 Å². The highest BCUT2D eigenvalue weighted by molar-refractivity contribution is 6.35. The van der Waals surface area contributed by atoms with E-state index in [4.69, 9.17) is 37.9 Å². The summed E-state index contributed by atoms with van der Waals surface area (Å²) in [4.78, 5) is 41.4. The second-order valence-corrected chi connectivity index (χ2v) is 16.3. The summed E-state index contributed by atoms with van der Waals surface area (Å²) in [7, 11) is 1.91. The number of piperazine rings is 1. The molecule has 13 heteroatoms. The fraction of sp³-hybridized carbons (Fsp3) is 0.364. The molecular formula is C44H47Cl2N7O4. The van der Waals surface area contributed by atoms with Gasteiger partial charge in [-0.15, -0.1) is 0 Å². The second kappa shape index (κ2) is 15.4. The number of anilines is 1. The minimum atomic E-state index is -1.02. The molecule has 1 fully saturated rings. The summed E-state index contributed by atoms with van der Waals surface area (Å²) in [6.07, 6.45) is 3.12. The predicted molar refractivity (Wildman–Crippen MR) is 227 cm³/mol. The van der Waals surface area contributed by atoms with Crippen molar-refractivity contribution in [2.24, 2.45) is 7.05 Å². The van der Waals surface area contributed by atoms with Crippen LogP contribution in [0.15, 0.2) is 48.7 Å². The van der Waals surface area contributed by atoms with Crippen LogP contribution in [-0.4, -0.2) is 80.3 Å². The Bertz CT molecular complexity index is 2540. The molecule has 296 valence electrons. The zero-order chi connectivity index (χ0) is 40.3. The van der Waals surface area contributed by atoms with Gasteiger partial charge < -0.3 is 29.2 Å². The number of ether oxygens (including phenoxy) is 1. The van der Waals surface area contributed by atoms with Gasteiger partial charge >= 0.3 is 5.97 Å². The molecular weight excluding hydrogens is 761 g/mol. The fourth-order valence-corrected chi connectivity index (χ4v) is 9.16. The highest BCUT2D eigenvalue weighted by Gasteiger charge is 2.37. The van der Waals surface area contributed by atoms with E-state index in [0.717, 1.165) is 98.4 Å². The molecule has 3 aromatic carbocycles. The number of carboxylic acid groups (broad SMARTS) is 1. The van der Waals surface area contributed by atoms with E-state index in [1.54, 1.807) is 23.1 Å². The van der Waals surface area contributed by atoms with Crippen LogP contribution in [0.2, 0.25) is 10.0 Å². The molecule has 11 nitrogen and oxygen atoms in total. The molecule has 1 amide bonds. The maximum Gasteiger partial charge on any atom is 0.335 e. The Morgan fingerprint density at radius 2 is 1.67 bits per heavy atom. The number of carbonyl (C=O) groups is 2. The average molecular weight is 809 g/mol. The Morgan fingerprint density at radius 1 is 0.965 bits per heavy atom. The zero-order valence-corrected chi connectivity index (χ0v) is 34.7. The van der Waals surface area contributed by atoms with E-state index in [1.807, 2.05) is 69.8 Å². The Kier molecular flexibility index (Phi) is 10.5. The van der Waals surface area contributed by atoms with Crippen molar-refractivity contribution in [3.8, 4) is 16.9 Å². The summed E-state index contributed by atoms with van der Waals surface area (Å²) in [6, 6.07) is 12.7. The van der Waals surface area contributed by atoms with Crippen molar-refractivity contribution in [1.82, 2.24) is 29.3 Å². The summed E-state index contributed by atoms with van der Waals surface area (Å²) in [5.41, 5.74) is 9.33. The van der Waals surface area contributed by atoms with Crippen LogP contribution in [0.5, 0.6) is 5.75 Å². The molecule has 0 radical (unpaired) electrons. The highest BCUT2D eigenvalue weighted by atomic mass is 35.5. The van der Waals surface area contributed by atoms with Gasteiger partial charge in [0.25, 0.3) is 5.91 Å². The van der Waals surface area contributed by atoms with Crippen molar-refractivity contribution in [3.63, 3.8) is 0 Å². The number of carboxylic acids is 1. The third-order valence-corrected chi connectivity index (χ3v) is 12.4. The first kappa shape index (κ1) is 38.9. The molecule has 8 rings (SSSR count). The van der Waals surface area contributed by atoms with Crippen molar-refractivity contribution in [2.75, 3.05) is 44.2 Å². The van der Waals surface area contributed by atoms with Gasteiger partial charge in [0.05, 0.1) is 34.9 Å². The smallest absolute Gasteiger partial charge is 0.335 e. The summed E-state index contributed by atoms with van der Waals surface area (Å²) in [5.74, 6) is 0.360. The van der Waals surface area contributed by atoms with Crippen LogP contribution in [0.4, 0.5) is 5.69 Å². The molecule has 2 aliphatic rings. The number of nitrogens with zero attached hydrogens (tertiary/aromatic N) is 6. The lowest BCUT2D eigenvalue weighted by atomic mass is 9.97. The minimum Gasteiger partial charge on any atom is -0.494 e. The molecule has 2 N–H and O–H groups in total. The number of fused-ring (bicyclic) bond motifs is 4. The summed E-state index contributed by atoms with van der Waals surface area (Å²) in [5, 5.41) is 16.2. The van der Waals surface area contributed by atoms with E-state index in [0.29, 0.717) is 54.3 Å². The zero-order valence-electron chi connectivity index (χ0n) is 33.2. The van der Waals surface area contributed by atoms with Crippen molar-refractivity contribution < 1.29 is 19.4 Å². The van der Waals surface area contributed by atoms with Gasteiger partial charge in [0.15, 0.2) is 0 Å². The van der Waals surface area contributed by atoms with Crippen LogP contribution in [0.3, 0.4) is 0 Å². The number of rotatable bonds is 10. The lowest BCUT2D eigenvalue weighted by Crippen LogP contribution is -2.43. The molecule has 0 aliphatic carbocycles. The first-order valence-electron chi connectivity index (χ1n) is 19.5. The van der Waals surface area contributed by atoms with E-state index in [1.165, 1.54) is 0 Å². The molecule has 57 heavy (non-hydrogen) atoms. The van der Waals surface area contributed by atoms with Gasteiger partial charge in [-0.3, -0.25) is 9.69 Å². The number of hydrogen-bond acceptors (Lipinski definition) is 7. The van der Waals surface area contributed by atoms with Crippen LogP contribution < -0.4 is 15.0 Å². The molecule has 0 bridgehead atoms. The maximum absolute atomic E-state index is 15.2. The Balaban J connectivity index is 1.25. The van der Waals surface area contributed by atoms with Crippen LogP contribution in [0.1, 0.15) is 74.1 Å². The maximum atomic E-state index is 15.2. The Labute approximate surface area is 342 Å². The van der Waals surface area contributed by atoms with E-state index in [2.05, 4.69) is 21.7 Å². The van der Waals surface area contributed by atoms with Crippen molar-refractivity contribution in [2.45, 2.75) is 60.0 Å². The fourth-order valence-electron chi connectivity index (χ4n) is 8.81. The Morgan fingerprint density at radius 3 is 2.35 bits per heavy atom. The number of carbonyl (C=O) groups excluding carboxylic acids is 1. The lowest BCUT2D eigenvalue weighted by molar-refractivity contribution is 0.0696. The molecule has 5 heterocycles. The van der Waals surface area contributed by atoms with Crippen LogP contribution in [-0.2, 0) is 20.0 Å². The number of aromatic nitrogens is 4. The monoisotopic (exact) mass is 807 g/mol. The van der Waals surface area contributed by atoms with E-state index in [-0.39, 0.29) is 17.5 Å². The van der Waals surface area contributed by atoms with Crippen molar-refractivity contribution in [3.05, 3.63) is 104 Å². The van der Waals surface area contributed by atoms with Gasteiger partial charge in [-0.05, 0) is 101 Å². The molecule has 2 aliphatic heterocycles. The standard InChI is InChI=1S/C44H47Cl2N7O4/c1-24-18-30(19-25(2)40(24)46)57-17-7-8-31-32-10-11-34(45)39(38-27(4)48-37(49-28(38)5)23-51-15-13-47-14-16-51)41(32)53-26(3)21-52(43(54)42(31)53)36-22-50(6)35-12-9-29(44(55)56)20-33(35)36/h9-12,18-20,22,26,47H,7-8,13-17,21,23H2,1-6H3,(H,55,56). The van der Waals surface area contributed by atoms with E-state index in [9.17, 15) is 9.90 Å². The average Bonchev–Trinajstić information content (AvgIpc) is 3.69. The summed E-state index contributed by atoms with van der Waals surface area (Å²) in [6.45, 7) is 15.3. The summed E-state index contributed by atoms with van der Waals surface area (Å²) >= 11 is 13.6. The SMILES string of the molecule is Cc1cc(OCCCc2c3n(c4c(-c5c(C)nc(CN6CCNCC6)nc5C)c(Cl)ccc24)C(C)CN(c2cn(C)c4ccc(C(=O)O)cc24)C3=O)cc(C)c1Cl. The first-order chi connectivity index (χ1) is 27.3. The van der Waals surface area contributed by atoms with Crippen LogP contribution in [0, 0.1) is 27.7 Å². The van der Waals surface area contributed by atoms with Crippen LogP contribution >= 0.6 is 23.2 Å². The normalized spacial score (nSPS) is 16.2. The predicted octanol–water partition coefficient (Wildman–Crippen LogP) is 8.47. The van der Waals surface area contributed by atoms with E-state index >= 15 is 4.79 Å². The molecule has 1 atom stereocenters. The number of benzene rings is 3. The van der Waals surface area contributed by atoms with Crippen molar-refractivity contribution in [1.29, 1.82) is 0 Å². The van der Waals surface area contributed by atoms with Gasteiger partial charge in [-0.2, -0.15) is 0 Å². The number of aromatic carboxylic acids is 1. The van der Waals surface area contributed by atoms with Crippen molar-refractivity contribution >= 4 is 62.6 Å². The molecule has 0 saturated carbocycles. The topological polar surface area (TPSA) is 118 Å². The second-order valence-electron chi connectivity index (χ2n) is 15.5. The molecule has 6 aromatic rings. The number of nitrogens with one attached hydrogen (secondary N) is 1. The number of amides is 1. The lowest BCUT2D eigenvalue weighted by Gasteiger charge is -2.34. The van der Waals surface area contributed by atoms with Crippen LogP contribution in [0.25, 0.3) is 32.9 Å². The van der Waals surface area contributed by atoms with Gasteiger partial charge in [0, 0.05) is 95.8 Å². The first-order valence-corrected chi connectivity index (χ1v) is 20.2. The number of hydrogen-bond donors (Lipinski definition) is 2. The molecule has 1 saturated heterocycles. The van der Waals surface area contributed by atoms with Gasteiger partial charge in [-0.25, -0.2) is 14.8 Å². The number of aryl methyl sites for hydroxylation is 6. The highest BCUT2D eigenvalue weighted by Crippen LogP contribution is 2.45. The van der Waals surface area contributed by atoms with Gasteiger partial charge in [-0.1, -0.05) is 29.3 Å². The summed E-state index contributed by atoms with van der Waals surface area (Å²) < 4.78 is 10.4. The quantitative estimate of drug-likeness (QED) is 0.133. The number of halogens is 2. The Hall–Kier alpha value is -4.94. The van der Waals surface area contributed by atoms with Gasteiger partial charge in [0.2, 0.25) is 0 Å².